The van der Waals surface area contributed by atoms with Crippen molar-refractivity contribution in [3.05, 3.63) is 57.8 Å². The largest absolute Gasteiger partial charge is 0.279 e. The predicted octanol–water partition coefficient (Wildman–Crippen LogP) is 4.01. The van der Waals surface area contributed by atoms with Gasteiger partial charge < -0.3 is 0 Å². The van der Waals surface area contributed by atoms with Crippen molar-refractivity contribution < 1.29 is 12.8 Å². The number of benzene rings is 2. The normalized spacial score (nSPS) is 11.4. The molecule has 0 saturated heterocycles. The van der Waals surface area contributed by atoms with Gasteiger partial charge in [0.2, 0.25) is 0 Å². The third-order valence-electron chi connectivity index (χ3n) is 2.87. The second kappa shape index (κ2) is 5.54. The summed E-state index contributed by atoms with van der Waals surface area (Å²) in [5.41, 5.74) is 1.74. The standard InChI is InChI=1S/C14H13BrFNO2S/c1-9-3-5-12(16)8-14(9)20(18,19)17-13-6-4-11(15)7-10(13)2/h3-8,17H,1-2H3. The first-order valence-corrected chi connectivity index (χ1v) is 8.12. The molecule has 3 nitrogen and oxygen atoms in total. The van der Waals surface area contributed by atoms with Crippen LogP contribution < -0.4 is 4.72 Å². The highest BCUT2D eigenvalue weighted by Crippen LogP contribution is 2.24. The van der Waals surface area contributed by atoms with Gasteiger partial charge in [0, 0.05) is 4.47 Å². The summed E-state index contributed by atoms with van der Waals surface area (Å²) >= 11 is 3.32. The lowest BCUT2D eigenvalue weighted by atomic mass is 10.2. The van der Waals surface area contributed by atoms with Crippen molar-refractivity contribution in [2.75, 3.05) is 4.72 Å². The summed E-state index contributed by atoms with van der Waals surface area (Å²) in [6, 6.07) is 8.90. The Morgan fingerprint density at radius 1 is 1.05 bits per heavy atom. The molecule has 0 bridgehead atoms. The fourth-order valence-corrected chi connectivity index (χ4v) is 3.67. The van der Waals surface area contributed by atoms with Gasteiger partial charge in [0.25, 0.3) is 10.0 Å². The third-order valence-corrected chi connectivity index (χ3v) is 4.87. The van der Waals surface area contributed by atoms with Gasteiger partial charge in [0.15, 0.2) is 0 Å². The van der Waals surface area contributed by atoms with Crippen molar-refractivity contribution in [1.82, 2.24) is 0 Å². The molecule has 0 aromatic heterocycles. The average molecular weight is 358 g/mol. The highest BCUT2D eigenvalue weighted by molar-refractivity contribution is 9.10. The highest BCUT2D eigenvalue weighted by Gasteiger charge is 2.18. The molecule has 0 heterocycles. The van der Waals surface area contributed by atoms with E-state index in [0.29, 0.717) is 11.3 Å². The van der Waals surface area contributed by atoms with Gasteiger partial charge in [-0.2, -0.15) is 0 Å². The van der Waals surface area contributed by atoms with Crippen LogP contribution in [0.5, 0.6) is 0 Å². The van der Waals surface area contributed by atoms with Crippen LogP contribution in [0, 0.1) is 19.7 Å². The molecule has 0 saturated carbocycles. The summed E-state index contributed by atoms with van der Waals surface area (Å²) in [6.45, 7) is 3.42. The Labute approximate surface area is 126 Å². The molecule has 0 spiro atoms. The van der Waals surface area contributed by atoms with Crippen molar-refractivity contribution in [3.63, 3.8) is 0 Å². The van der Waals surface area contributed by atoms with Gasteiger partial charge in [-0.15, -0.1) is 0 Å². The molecular weight excluding hydrogens is 345 g/mol. The Balaban J connectivity index is 2.43. The summed E-state index contributed by atoms with van der Waals surface area (Å²) in [7, 11) is -3.81. The van der Waals surface area contributed by atoms with Crippen LogP contribution in [0.3, 0.4) is 0 Å². The molecule has 1 N–H and O–H groups in total. The Morgan fingerprint density at radius 3 is 2.40 bits per heavy atom. The molecule has 0 fully saturated rings. The number of hydrogen-bond acceptors (Lipinski definition) is 2. The van der Waals surface area contributed by atoms with Gasteiger partial charge in [-0.3, -0.25) is 4.72 Å². The predicted molar refractivity (Wildman–Crippen MR) is 80.8 cm³/mol. The maximum atomic E-state index is 13.3. The summed E-state index contributed by atoms with van der Waals surface area (Å²) in [5, 5.41) is 0. The molecule has 0 aliphatic carbocycles. The second-order valence-corrected chi connectivity index (χ2v) is 7.04. The summed E-state index contributed by atoms with van der Waals surface area (Å²) < 4.78 is 41.2. The lowest BCUT2D eigenvalue weighted by molar-refractivity contribution is 0.594. The van der Waals surface area contributed by atoms with Crippen molar-refractivity contribution in [3.8, 4) is 0 Å². The maximum absolute atomic E-state index is 13.3. The molecule has 2 rings (SSSR count). The van der Waals surface area contributed by atoms with Gasteiger partial charge >= 0.3 is 0 Å². The molecule has 2 aromatic carbocycles. The topological polar surface area (TPSA) is 46.2 Å². The lowest BCUT2D eigenvalue weighted by Crippen LogP contribution is -2.15. The van der Waals surface area contributed by atoms with E-state index in [4.69, 9.17) is 0 Å². The van der Waals surface area contributed by atoms with E-state index in [2.05, 4.69) is 20.7 Å². The van der Waals surface area contributed by atoms with Gasteiger partial charge in [-0.1, -0.05) is 22.0 Å². The minimum atomic E-state index is -3.81. The van der Waals surface area contributed by atoms with Gasteiger partial charge in [0.05, 0.1) is 10.6 Å². The first-order chi connectivity index (χ1) is 9.29. The highest BCUT2D eigenvalue weighted by atomic mass is 79.9. The Kier molecular flexibility index (Phi) is 4.15. The van der Waals surface area contributed by atoms with E-state index in [0.717, 1.165) is 16.1 Å². The Bertz CT molecular complexity index is 760. The number of rotatable bonds is 3. The van der Waals surface area contributed by atoms with E-state index < -0.39 is 15.8 Å². The smallest absolute Gasteiger partial charge is 0.262 e. The first kappa shape index (κ1) is 15.0. The number of nitrogens with one attached hydrogen (secondary N) is 1. The van der Waals surface area contributed by atoms with Crippen LogP contribution in [-0.4, -0.2) is 8.42 Å². The zero-order valence-electron chi connectivity index (χ0n) is 10.9. The number of sulfonamides is 1. The van der Waals surface area contributed by atoms with Crippen LogP contribution in [0.2, 0.25) is 0 Å². The molecule has 0 atom stereocenters. The summed E-state index contributed by atoms with van der Waals surface area (Å²) in [5.74, 6) is -0.580. The number of aryl methyl sites for hydroxylation is 2. The van der Waals surface area contributed by atoms with Crippen molar-refractivity contribution in [1.29, 1.82) is 0 Å². The molecular formula is C14H13BrFNO2S. The SMILES string of the molecule is Cc1cc(Br)ccc1NS(=O)(=O)c1cc(F)ccc1C. The summed E-state index contributed by atoms with van der Waals surface area (Å²) in [6.07, 6.45) is 0. The molecule has 0 aliphatic heterocycles. The van der Waals surface area contributed by atoms with Crippen LogP contribution in [0.1, 0.15) is 11.1 Å². The average Bonchev–Trinajstić information content (AvgIpc) is 2.35. The van der Waals surface area contributed by atoms with E-state index in [9.17, 15) is 12.8 Å². The quantitative estimate of drug-likeness (QED) is 0.901. The van der Waals surface area contributed by atoms with Crippen LogP contribution in [0.4, 0.5) is 10.1 Å². The summed E-state index contributed by atoms with van der Waals surface area (Å²) in [4.78, 5) is -0.0557. The van der Waals surface area contributed by atoms with E-state index >= 15 is 0 Å². The zero-order valence-corrected chi connectivity index (χ0v) is 13.3. The molecule has 2 aromatic rings. The zero-order chi connectivity index (χ0) is 14.9. The van der Waals surface area contributed by atoms with Crippen molar-refractivity contribution in [2.45, 2.75) is 18.7 Å². The van der Waals surface area contributed by atoms with Crippen LogP contribution in [-0.2, 0) is 10.0 Å². The Morgan fingerprint density at radius 2 is 1.75 bits per heavy atom. The number of anilines is 1. The molecule has 0 unspecified atom stereocenters. The van der Waals surface area contributed by atoms with Crippen LogP contribution in [0.15, 0.2) is 45.8 Å². The van der Waals surface area contributed by atoms with E-state index in [1.807, 2.05) is 0 Å². The van der Waals surface area contributed by atoms with Crippen molar-refractivity contribution >= 4 is 31.6 Å². The minimum Gasteiger partial charge on any atom is -0.279 e. The van der Waals surface area contributed by atoms with Crippen molar-refractivity contribution in [2.24, 2.45) is 0 Å². The van der Waals surface area contributed by atoms with E-state index in [-0.39, 0.29) is 4.90 Å². The van der Waals surface area contributed by atoms with Gasteiger partial charge in [-0.25, -0.2) is 12.8 Å². The molecule has 106 valence electrons. The maximum Gasteiger partial charge on any atom is 0.262 e. The van der Waals surface area contributed by atoms with Crippen LogP contribution in [0.25, 0.3) is 0 Å². The Hall–Kier alpha value is -1.40. The third kappa shape index (κ3) is 3.19. The monoisotopic (exact) mass is 357 g/mol. The second-order valence-electron chi connectivity index (χ2n) is 4.47. The van der Waals surface area contributed by atoms with Gasteiger partial charge in [0.1, 0.15) is 5.82 Å². The minimum absolute atomic E-state index is 0.0557. The first-order valence-electron chi connectivity index (χ1n) is 5.85. The lowest BCUT2D eigenvalue weighted by Gasteiger charge is -2.12. The molecule has 6 heteroatoms. The van der Waals surface area contributed by atoms with Crippen LogP contribution >= 0.6 is 15.9 Å². The van der Waals surface area contributed by atoms with Gasteiger partial charge in [-0.05, 0) is 55.3 Å². The number of halogens is 2. The fourth-order valence-electron chi connectivity index (χ4n) is 1.80. The van der Waals surface area contributed by atoms with E-state index in [1.165, 1.54) is 12.1 Å². The number of hydrogen-bond donors (Lipinski definition) is 1. The fraction of sp³-hybridized carbons (Fsp3) is 0.143. The molecule has 0 radical (unpaired) electrons. The molecule has 0 amide bonds. The van der Waals surface area contributed by atoms with E-state index in [1.54, 1.807) is 32.0 Å². The molecule has 0 aliphatic rings. The molecule has 20 heavy (non-hydrogen) atoms.